The van der Waals surface area contributed by atoms with Crippen molar-refractivity contribution in [3.63, 3.8) is 0 Å². The lowest BCUT2D eigenvalue weighted by molar-refractivity contribution is 0.00479. The Morgan fingerprint density at radius 3 is 2.54 bits per heavy atom. The predicted molar refractivity (Wildman–Crippen MR) is 150 cm³/mol. The van der Waals surface area contributed by atoms with Crippen molar-refractivity contribution >= 4 is 34.3 Å². The number of hydrogen-bond acceptors (Lipinski definition) is 8. The van der Waals surface area contributed by atoms with Crippen molar-refractivity contribution in [2.24, 2.45) is 5.73 Å². The van der Waals surface area contributed by atoms with E-state index >= 15 is 0 Å². The van der Waals surface area contributed by atoms with Crippen LogP contribution in [0.25, 0.3) is 11.3 Å². The summed E-state index contributed by atoms with van der Waals surface area (Å²) in [5, 5.41) is 9.25. The van der Waals surface area contributed by atoms with Gasteiger partial charge in [0.2, 0.25) is 11.8 Å². The molecule has 1 aliphatic heterocycles. The van der Waals surface area contributed by atoms with Crippen molar-refractivity contribution in [2.75, 3.05) is 17.9 Å². The number of sulfonamides is 1. The number of anilines is 1. The number of ether oxygens (including phenoxy) is 2. The van der Waals surface area contributed by atoms with Crippen LogP contribution in [0.5, 0.6) is 5.88 Å². The normalized spacial score (nSPS) is 16.1. The summed E-state index contributed by atoms with van der Waals surface area (Å²) in [6.07, 6.45) is 3.88. The second-order valence-corrected chi connectivity index (χ2v) is 11.1. The Bertz CT molecular complexity index is 1390. The number of carboxylic acid groups (broad SMARTS) is 1. The molecule has 39 heavy (non-hydrogen) atoms. The lowest BCUT2D eigenvalue weighted by Crippen LogP contribution is -2.34. The Morgan fingerprint density at radius 2 is 1.87 bits per heavy atom. The molecule has 0 bridgehead atoms. The topological polar surface area (TPSA) is 154 Å². The van der Waals surface area contributed by atoms with E-state index in [1.54, 1.807) is 6.07 Å². The molecule has 0 radical (unpaired) electrons. The van der Waals surface area contributed by atoms with Gasteiger partial charge >= 0.3 is 5.97 Å². The molecule has 210 valence electrons. The molecular formula is C27H33ClN4O6S. The fraction of sp³-hybridized carbons (Fsp3) is 0.370. The first-order valence-corrected chi connectivity index (χ1v) is 13.9. The highest BCUT2D eigenvalue weighted by molar-refractivity contribution is 7.92. The van der Waals surface area contributed by atoms with Gasteiger partial charge in [0, 0.05) is 24.3 Å². The molecule has 1 aliphatic rings. The van der Waals surface area contributed by atoms with Crippen molar-refractivity contribution in [2.45, 2.75) is 56.6 Å². The van der Waals surface area contributed by atoms with E-state index in [9.17, 15) is 18.3 Å². The molecule has 1 fully saturated rings. The van der Waals surface area contributed by atoms with E-state index in [4.69, 9.17) is 15.2 Å². The second kappa shape index (κ2) is 13.2. The summed E-state index contributed by atoms with van der Waals surface area (Å²) in [6, 6.07) is 12.2. The summed E-state index contributed by atoms with van der Waals surface area (Å²) < 4.78 is 40.3. The van der Waals surface area contributed by atoms with E-state index in [2.05, 4.69) is 14.7 Å². The summed E-state index contributed by atoms with van der Waals surface area (Å²) in [5.74, 6) is -1.28. The number of benzene rings is 2. The zero-order valence-corrected chi connectivity index (χ0v) is 23.4. The summed E-state index contributed by atoms with van der Waals surface area (Å²) in [6.45, 7) is 4.77. The monoisotopic (exact) mass is 576 g/mol. The minimum absolute atomic E-state index is 0. The number of halogens is 1. The third-order valence-electron chi connectivity index (χ3n) is 6.34. The maximum atomic E-state index is 13.1. The number of nitrogens with zero attached hydrogens (tertiary/aromatic N) is 2. The molecule has 2 atom stereocenters. The fourth-order valence-corrected chi connectivity index (χ4v) is 5.45. The van der Waals surface area contributed by atoms with Gasteiger partial charge in [0.25, 0.3) is 10.0 Å². The van der Waals surface area contributed by atoms with Gasteiger partial charge in [-0.2, -0.15) is 4.98 Å². The van der Waals surface area contributed by atoms with E-state index in [0.717, 1.165) is 48.6 Å². The number of aromatic nitrogens is 2. The lowest BCUT2D eigenvalue weighted by Gasteiger charge is -2.25. The average Bonchev–Trinajstić information content (AvgIpc) is 2.88. The molecule has 0 aliphatic carbocycles. The predicted octanol–water partition coefficient (Wildman–Crippen LogP) is 4.35. The van der Waals surface area contributed by atoms with Crippen molar-refractivity contribution in [1.82, 2.24) is 9.97 Å². The first kappa shape index (κ1) is 30.3. The molecule has 4 N–H and O–H groups in total. The first-order valence-electron chi connectivity index (χ1n) is 12.4. The van der Waals surface area contributed by atoms with Gasteiger partial charge in [0.1, 0.15) is 6.61 Å². The van der Waals surface area contributed by atoms with Gasteiger partial charge in [-0.3, -0.25) is 0 Å². The van der Waals surface area contributed by atoms with Crippen LogP contribution in [0.15, 0.2) is 53.4 Å². The van der Waals surface area contributed by atoms with Gasteiger partial charge in [0.05, 0.1) is 22.3 Å². The summed E-state index contributed by atoms with van der Waals surface area (Å²) in [5.41, 5.74) is 9.34. The number of carbonyl (C=O) groups is 1. The zero-order valence-electron chi connectivity index (χ0n) is 21.8. The minimum Gasteiger partial charge on any atom is -0.478 e. The summed E-state index contributed by atoms with van der Waals surface area (Å²) in [4.78, 5) is 19.8. The number of carboxylic acids is 1. The highest BCUT2D eigenvalue weighted by Crippen LogP contribution is 2.29. The van der Waals surface area contributed by atoms with Crippen LogP contribution >= 0.6 is 12.4 Å². The molecule has 2 heterocycles. The number of hydrogen-bond donors (Lipinski definition) is 3. The van der Waals surface area contributed by atoms with Gasteiger partial charge < -0.3 is 20.3 Å². The molecular weight excluding hydrogens is 544 g/mol. The van der Waals surface area contributed by atoms with Crippen LogP contribution in [0, 0.1) is 13.8 Å². The van der Waals surface area contributed by atoms with Crippen LogP contribution in [0.4, 0.5) is 5.95 Å². The van der Waals surface area contributed by atoms with Crippen molar-refractivity contribution in [3.05, 3.63) is 65.2 Å². The van der Waals surface area contributed by atoms with E-state index in [1.165, 1.54) is 18.2 Å². The van der Waals surface area contributed by atoms with Gasteiger partial charge in [-0.05, 0) is 68.9 Å². The van der Waals surface area contributed by atoms with Gasteiger partial charge in [-0.15, -0.1) is 12.4 Å². The fourth-order valence-electron chi connectivity index (χ4n) is 4.46. The summed E-state index contributed by atoms with van der Waals surface area (Å²) in [7, 11) is -4.19. The van der Waals surface area contributed by atoms with E-state index < -0.39 is 16.0 Å². The number of rotatable bonds is 10. The summed E-state index contributed by atoms with van der Waals surface area (Å²) >= 11 is 0. The Labute approximate surface area is 234 Å². The lowest BCUT2D eigenvalue weighted by atomic mass is 10.00. The second-order valence-electron chi connectivity index (χ2n) is 9.42. The molecule has 12 heteroatoms. The molecule has 0 amide bonds. The Balaban J connectivity index is 0.00000420. The molecule has 10 nitrogen and oxygen atoms in total. The van der Waals surface area contributed by atoms with Crippen LogP contribution < -0.4 is 15.2 Å². The SMILES string of the molecule is Cc1cccc(C)c1-c1cc(OC[C@H](N)C[C@@H]2CCCCO2)nc(NS(=O)(=O)c2cccc(C(=O)O)c2)n1.Cl. The van der Waals surface area contributed by atoms with Gasteiger partial charge in [-0.1, -0.05) is 24.3 Å². The smallest absolute Gasteiger partial charge is 0.335 e. The van der Waals surface area contributed by atoms with Crippen LogP contribution in [0.3, 0.4) is 0 Å². The maximum Gasteiger partial charge on any atom is 0.335 e. The molecule has 0 saturated carbocycles. The molecule has 4 rings (SSSR count). The van der Waals surface area contributed by atoms with E-state index in [1.807, 2.05) is 32.0 Å². The number of nitrogens with one attached hydrogen (secondary N) is 1. The van der Waals surface area contributed by atoms with Gasteiger partial charge in [-0.25, -0.2) is 22.9 Å². The highest BCUT2D eigenvalue weighted by Gasteiger charge is 2.21. The first-order chi connectivity index (χ1) is 18.1. The quantitative estimate of drug-likeness (QED) is 0.319. The molecule has 0 spiro atoms. The molecule has 2 aromatic carbocycles. The molecule has 1 saturated heterocycles. The molecule has 0 unspecified atom stereocenters. The number of aromatic carboxylic acids is 1. The van der Waals surface area contributed by atoms with Crippen LogP contribution in [-0.4, -0.2) is 54.8 Å². The standard InChI is InChI=1S/C27H32N4O6S.ClH/c1-17-7-5-8-18(2)25(17)23-15-24(37-16-20(28)14-21-10-3-4-12-36-21)30-27(29-23)31-38(34,35)22-11-6-9-19(13-22)26(32)33;/h5-9,11,13,15,20-21H,3-4,10,12,14,16,28H2,1-2H3,(H,32,33)(H,29,30,31);1H/t20-,21+;/m1./s1. The van der Waals surface area contributed by atoms with Crippen molar-refractivity contribution < 1.29 is 27.8 Å². The average molecular weight is 577 g/mol. The van der Waals surface area contributed by atoms with E-state index in [-0.39, 0.29) is 53.4 Å². The molecule has 3 aromatic rings. The van der Waals surface area contributed by atoms with Crippen molar-refractivity contribution in [1.29, 1.82) is 0 Å². The maximum absolute atomic E-state index is 13.1. The Kier molecular flexibility index (Phi) is 10.3. The number of nitrogens with two attached hydrogens (primary N) is 1. The van der Waals surface area contributed by atoms with Crippen molar-refractivity contribution in [3.8, 4) is 17.1 Å². The van der Waals surface area contributed by atoms with E-state index in [0.29, 0.717) is 12.1 Å². The molecule has 1 aromatic heterocycles. The largest absolute Gasteiger partial charge is 0.478 e. The Hall–Kier alpha value is -3.25. The number of aryl methyl sites for hydroxylation is 2. The zero-order chi connectivity index (χ0) is 27.3. The Morgan fingerprint density at radius 1 is 1.15 bits per heavy atom. The van der Waals surface area contributed by atoms with Gasteiger partial charge in [0.15, 0.2) is 0 Å². The van der Waals surface area contributed by atoms with Crippen LogP contribution in [-0.2, 0) is 14.8 Å². The minimum atomic E-state index is -4.19. The highest BCUT2D eigenvalue weighted by atomic mass is 35.5. The van der Waals surface area contributed by atoms with Crippen LogP contribution in [0.1, 0.15) is 47.2 Å². The third kappa shape index (κ3) is 7.89. The third-order valence-corrected chi connectivity index (χ3v) is 7.67. The van der Waals surface area contributed by atoms with Crippen LogP contribution in [0.2, 0.25) is 0 Å².